The first-order valence-electron chi connectivity index (χ1n) is 11.6. The zero-order valence-electron chi connectivity index (χ0n) is 19.2. The van der Waals surface area contributed by atoms with Crippen LogP contribution >= 0.6 is 0 Å². The minimum atomic E-state index is -0.496. The monoisotopic (exact) mass is 436 g/mol. The molecule has 1 aromatic carbocycles. The number of carbonyl (C=O) groups is 2. The third-order valence-corrected chi connectivity index (χ3v) is 7.28. The number of aliphatic imine (C=N–C) groups is 1. The molecule has 8 nitrogen and oxygen atoms in total. The zero-order chi connectivity index (χ0) is 22.4. The maximum absolute atomic E-state index is 13.6. The molecular weight excluding hydrogens is 404 g/mol. The number of hydrogen-bond donors (Lipinski definition) is 0. The first-order chi connectivity index (χ1) is 15.5. The highest BCUT2D eigenvalue weighted by Crippen LogP contribution is 2.38. The van der Waals surface area contributed by atoms with E-state index in [0.717, 1.165) is 37.0 Å². The van der Waals surface area contributed by atoms with Crippen LogP contribution in [0.5, 0.6) is 0 Å². The number of likely N-dealkylation sites (N-methyl/N-ethyl adjacent to an activating group) is 1. The Morgan fingerprint density at radius 2 is 1.66 bits per heavy atom. The molecule has 0 spiro atoms. The molecule has 4 aliphatic heterocycles. The van der Waals surface area contributed by atoms with Crippen LogP contribution in [-0.4, -0.2) is 87.8 Å². The lowest BCUT2D eigenvalue weighted by atomic mass is 10.1. The molecule has 1 aromatic rings. The molecule has 2 unspecified atom stereocenters. The molecule has 3 amide bonds. The van der Waals surface area contributed by atoms with Crippen LogP contribution < -0.4 is 0 Å². The molecular formula is C24H32N6O2. The van der Waals surface area contributed by atoms with Crippen LogP contribution in [0.15, 0.2) is 46.7 Å². The van der Waals surface area contributed by atoms with Gasteiger partial charge >= 0.3 is 6.03 Å². The number of fused-ring (bicyclic) bond motifs is 3. The Kier molecular flexibility index (Phi) is 5.41. The third kappa shape index (κ3) is 3.37. The summed E-state index contributed by atoms with van der Waals surface area (Å²) in [5, 5.41) is 0. The molecule has 170 valence electrons. The second kappa shape index (κ2) is 8.24. The van der Waals surface area contributed by atoms with Gasteiger partial charge in [-0.3, -0.25) is 14.6 Å². The van der Waals surface area contributed by atoms with Gasteiger partial charge < -0.3 is 14.7 Å². The lowest BCUT2D eigenvalue weighted by molar-refractivity contribution is -0.137. The second-order valence-electron chi connectivity index (χ2n) is 9.19. The summed E-state index contributed by atoms with van der Waals surface area (Å²) in [5.41, 5.74) is 3.30. The number of guanidine groups is 1. The number of imide groups is 1. The predicted octanol–water partition coefficient (Wildman–Crippen LogP) is 2.50. The molecule has 4 heterocycles. The summed E-state index contributed by atoms with van der Waals surface area (Å²) in [6.07, 6.45) is 3.16. The van der Waals surface area contributed by atoms with E-state index in [-0.39, 0.29) is 11.9 Å². The molecule has 0 aliphatic carbocycles. The van der Waals surface area contributed by atoms with Crippen molar-refractivity contribution in [3.63, 3.8) is 0 Å². The maximum Gasteiger partial charge on any atom is 0.328 e. The van der Waals surface area contributed by atoms with Crippen LogP contribution in [0.1, 0.15) is 38.7 Å². The van der Waals surface area contributed by atoms with E-state index < -0.39 is 12.2 Å². The van der Waals surface area contributed by atoms with Gasteiger partial charge in [0.1, 0.15) is 0 Å². The molecule has 2 saturated heterocycles. The lowest BCUT2D eigenvalue weighted by Gasteiger charge is -2.41. The van der Waals surface area contributed by atoms with E-state index in [0.29, 0.717) is 13.1 Å². The highest BCUT2D eigenvalue weighted by Gasteiger charge is 2.55. The molecule has 0 bridgehead atoms. The average molecular weight is 437 g/mol. The van der Waals surface area contributed by atoms with E-state index in [2.05, 4.69) is 28.9 Å². The normalized spacial score (nSPS) is 26.2. The number of hydrogen-bond acceptors (Lipinski definition) is 6. The van der Waals surface area contributed by atoms with Crippen molar-refractivity contribution in [1.82, 2.24) is 24.5 Å². The summed E-state index contributed by atoms with van der Waals surface area (Å²) in [6, 6.07) is 9.51. The predicted molar refractivity (Wildman–Crippen MR) is 122 cm³/mol. The number of amides is 3. The fourth-order valence-corrected chi connectivity index (χ4v) is 5.27. The van der Waals surface area contributed by atoms with Gasteiger partial charge in [-0.05, 0) is 45.3 Å². The number of carbonyl (C=O) groups excluding carboxylic acids is 2. The van der Waals surface area contributed by atoms with E-state index in [1.165, 1.54) is 29.7 Å². The first kappa shape index (κ1) is 21.0. The molecule has 0 radical (unpaired) electrons. The van der Waals surface area contributed by atoms with Gasteiger partial charge in [-0.15, -0.1) is 0 Å². The Hall–Kier alpha value is -2.87. The Balaban J connectivity index is 1.38. The number of likely N-dealkylation sites (tertiary alicyclic amines) is 1. The van der Waals surface area contributed by atoms with E-state index >= 15 is 0 Å². The van der Waals surface area contributed by atoms with Gasteiger partial charge in [0, 0.05) is 31.5 Å². The van der Waals surface area contributed by atoms with Gasteiger partial charge in [-0.2, -0.15) is 0 Å². The molecule has 5 rings (SSSR count). The summed E-state index contributed by atoms with van der Waals surface area (Å²) in [5.74, 6) is 0.632. The van der Waals surface area contributed by atoms with Gasteiger partial charge in [-0.1, -0.05) is 36.8 Å². The molecule has 0 aromatic heterocycles. The van der Waals surface area contributed by atoms with E-state index in [1.54, 1.807) is 11.9 Å². The number of rotatable bonds is 5. The van der Waals surface area contributed by atoms with E-state index in [9.17, 15) is 9.59 Å². The van der Waals surface area contributed by atoms with Crippen molar-refractivity contribution in [3.05, 3.63) is 47.3 Å². The first-order valence-corrected chi connectivity index (χ1v) is 11.6. The molecule has 32 heavy (non-hydrogen) atoms. The Labute approximate surface area is 189 Å². The fourth-order valence-electron chi connectivity index (χ4n) is 5.27. The molecule has 2 fully saturated rings. The number of piperidine rings is 1. The Morgan fingerprint density at radius 1 is 0.938 bits per heavy atom. The summed E-state index contributed by atoms with van der Waals surface area (Å²) in [7, 11) is 1.76. The van der Waals surface area contributed by atoms with Crippen molar-refractivity contribution in [3.8, 4) is 0 Å². The van der Waals surface area contributed by atoms with Gasteiger partial charge in [-0.25, -0.2) is 9.79 Å². The summed E-state index contributed by atoms with van der Waals surface area (Å²) < 4.78 is 0. The number of benzene rings is 1. The van der Waals surface area contributed by atoms with Crippen molar-refractivity contribution in [2.75, 3.05) is 33.2 Å². The number of allylic oxidation sites excluding steroid dienone is 2. The summed E-state index contributed by atoms with van der Waals surface area (Å²) in [6.45, 7) is 8.07. The molecule has 0 N–H and O–H groups in total. The lowest BCUT2D eigenvalue weighted by Crippen LogP contribution is -2.65. The maximum atomic E-state index is 13.6. The van der Waals surface area contributed by atoms with Gasteiger partial charge in [0.05, 0.1) is 6.54 Å². The smallest absolute Gasteiger partial charge is 0.310 e. The largest absolute Gasteiger partial charge is 0.328 e. The molecule has 4 aliphatic rings. The zero-order valence-corrected chi connectivity index (χ0v) is 19.2. The van der Waals surface area contributed by atoms with E-state index in [1.807, 2.05) is 30.0 Å². The second-order valence-corrected chi connectivity index (χ2v) is 9.19. The van der Waals surface area contributed by atoms with E-state index in [4.69, 9.17) is 4.99 Å². The summed E-state index contributed by atoms with van der Waals surface area (Å²) >= 11 is 0. The van der Waals surface area contributed by atoms with Crippen LogP contribution in [0, 0.1) is 0 Å². The number of nitrogens with zero attached hydrogens (tertiary/aromatic N) is 6. The van der Waals surface area contributed by atoms with Gasteiger partial charge in [0.2, 0.25) is 5.96 Å². The van der Waals surface area contributed by atoms with Crippen LogP contribution in [0.25, 0.3) is 0 Å². The fraction of sp³-hybridized carbons (Fsp3) is 0.542. The van der Waals surface area contributed by atoms with Crippen molar-refractivity contribution < 1.29 is 9.59 Å². The molecule has 0 saturated carbocycles. The molecule has 8 heteroatoms. The van der Waals surface area contributed by atoms with Crippen LogP contribution in [0.2, 0.25) is 0 Å². The van der Waals surface area contributed by atoms with Gasteiger partial charge in [0.25, 0.3) is 5.91 Å². The average Bonchev–Trinajstić information content (AvgIpc) is 3.31. The number of urea groups is 1. The SMILES string of the molecule is CC1=C(C)N2C(=NC3C2C(=O)N(CCN2CCCCC2)C(=O)N3C)N1Cc1ccccc1. The van der Waals surface area contributed by atoms with Crippen LogP contribution in [0.4, 0.5) is 4.79 Å². The third-order valence-electron chi connectivity index (χ3n) is 7.28. The highest BCUT2D eigenvalue weighted by molar-refractivity contribution is 6.05. The van der Waals surface area contributed by atoms with Crippen molar-refractivity contribution in [1.29, 1.82) is 0 Å². The quantitative estimate of drug-likeness (QED) is 0.710. The topological polar surface area (TPSA) is 62.7 Å². The van der Waals surface area contributed by atoms with Crippen molar-refractivity contribution in [2.24, 2.45) is 4.99 Å². The Bertz CT molecular complexity index is 968. The van der Waals surface area contributed by atoms with Crippen LogP contribution in [0.3, 0.4) is 0 Å². The summed E-state index contributed by atoms with van der Waals surface area (Å²) in [4.78, 5) is 41.2. The Morgan fingerprint density at radius 3 is 2.38 bits per heavy atom. The van der Waals surface area contributed by atoms with Gasteiger partial charge in [0.15, 0.2) is 12.2 Å². The highest BCUT2D eigenvalue weighted by atomic mass is 16.2. The van der Waals surface area contributed by atoms with Crippen molar-refractivity contribution in [2.45, 2.75) is 51.9 Å². The van der Waals surface area contributed by atoms with Crippen LogP contribution in [-0.2, 0) is 11.3 Å². The minimum absolute atomic E-state index is 0.137. The standard InChI is InChI=1S/C24H32N6O2/c1-17-18(2)30-20-21(25-23(30)29(17)16-19-10-6-4-7-11-19)26(3)24(32)28(22(20)31)15-14-27-12-8-5-9-13-27/h4,6-7,10-11,20-21H,5,8-9,12-16H2,1-3H3. The minimum Gasteiger partial charge on any atom is -0.310 e. The van der Waals surface area contributed by atoms with Crippen molar-refractivity contribution >= 4 is 17.9 Å². The molecule has 2 atom stereocenters.